The van der Waals surface area contributed by atoms with E-state index >= 15 is 0 Å². The first-order valence-corrected chi connectivity index (χ1v) is 10.5. The molecule has 1 N–H and O–H groups in total. The molecule has 1 heterocycles. The third-order valence-electron chi connectivity index (χ3n) is 9.35. The van der Waals surface area contributed by atoms with Crippen molar-refractivity contribution < 1.29 is 4.79 Å². The van der Waals surface area contributed by atoms with Gasteiger partial charge in [0.2, 0.25) is 5.91 Å². The summed E-state index contributed by atoms with van der Waals surface area (Å²) in [6.07, 6.45) is 8.46. The third kappa shape index (κ3) is 2.08. The van der Waals surface area contributed by atoms with Crippen molar-refractivity contribution in [3.63, 3.8) is 0 Å². The van der Waals surface area contributed by atoms with E-state index in [1.807, 2.05) is 0 Å². The maximum Gasteiger partial charge on any atom is 0.238 e. The minimum Gasteiger partial charge on any atom is -0.352 e. The number of nitrogens with zero attached hydrogens (tertiary/aromatic N) is 2. The number of nitrogens with one attached hydrogen (secondary N) is 1. The fourth-order valence-corrected chi connectivity index (χ4v) is 7.96. The molecule has 140 valence electrons. The number of amides is 1. The van der Waals surface area contributed by atoms with Gasteiger partial charge in [0.05, 0.1) is 18.1 Å². The number of fused-ring (bicyclic) bond motifs is 5. The van der Waals surface area contributed by atoms with Crippen molar-refractivity contribution in [2.75, 3.05) is 0 Å². The number of piperidine rings is 1. The maximum atomic E-state index is 12.4. The van der Waals surface area contributed by atoms with E-state index in [4.69, 9.17) is 0 Å². The Morgan fingerprint density at radius 2 is 1.85 bits per heavy atom. The Morgan fingerprint density at radius 1 is 1.08 bits per heavy atom. The van der Waals surface area contributed by atoms with Crippen LogP contribution in [0.2, 0.25) is 0 Å². The topological polar surface area (TPSA) is 76.7 Å². The van der Waals surface area contributed by atoms with Gasteiger partial charge < -0.3 is 5.32 Å². The number of carbonyl (C=O) groups excluding carboxylic acids is 1. The van der Waals surface area contributed by atoms with E-state index < -0.39 is 11.8 Å². The molecule has 4 fully saturated rings. The summed E-state index contributed by atoms with van der Waals surface area (Å²) in [7, 11) is 0. The van der Waals surface area contributed by atoms with Crippen molar-refractivity contribution in [3.8, 4) is 12.1 Å². The van der Waals surface area contributed by atoms with Crippen LogP contribution in [-0.2, 0) is 4.79 Å². The molecule has 1 saturated heterocycles. The van der Waals surface area contributed by atoms with Gasteiger partial charge in [0.25, 0.3) is 0 Å². The van der Waals surface area contributed by atoms with Crippen LogP contribution in [0.4, 0.5) is 0 Å². The molecule has 3 saturated carbocycles. The lowest BCUT2D eigenvalue weighted by Gasteiger charge is -2.61. The van der Waals surface area contributed by atoms with Gasteiger partial charge in [-0.15, -0.1) is 0 Å². The van der Waals surface area contributed by atoms with Crippen LogP contribution >= 0.6 is 0 Å². The molecule has 1 amide bonds. The van der Waals surface area contributed by atoms with Crippen molar-refractivity contribution in [2.45, 2.75) is 71.8 Å². The van der Waals surface area contributed by atoms with E-state index in [0.29, 0.717) is 17.3 Å². The monoisotopic (exact) mass is 353 g/mol. The van der Waals surface area contributed by atoms with Crippen molar-refractivity contribution >= 4 is 5.91 Å². The maximum absolute atomic E-state index is 12.4. The van der Waals surface area contributed by atoms with Gasteiger partial charge >= 0.3 is 0 Å². The quantitative estimate of drug-likeness (QED) is 0.773. The van der Waals surface area contributed by atoms with Crippen molar-refractivity contribution in [1.29, 1.82) is 10.5 Å². The number of nitriles is 2. The van der Waals surface area contributed by atoms with Gasteiger partial charge in [-0.1, -0.05) is 27.2 Å². The Labute approximate surface area is 157 Å². The first-order valence-electron chi connectivity index (χ1n) is 10.5. The zero-order chi connectivity index (χ0) is 18.7. The Bertz CT molecular complexity index is 690. The molecule has 0 aromatic carbocycles. The minimum absolute atomic E-state index is 0.0539. The highest BCUT2D eigenvalue weighted by atomic mass is 16.2. The van der Waals surface area contributed by atoms with Gasteiger partial charge in [-0.05, 0) is 67.6 Å². The van der Waals surface area contributed by atoms with Crippen LogP contribution in [-0.4, -0.2) is 11.9 Å². The molecule has 4 nitrogen and oxygen atoms in total. The Hall–Kier alpha value is -1.55. The van der Waals surface area contributed by atoms with Crippen molar-refractivity contribution in [2.24, 2.45) is 46.3 Å². The second kappa shape index (κ2) is 5.98. The van der Waals surface area contributed by atoms with E-state index in [-0.39, 0.29) is 17.4 Å². The van der Waals surface area contributed by atoms with Gasteiger partial charge in [-0.25, -0.2) is 0 Å². The lowest BCUT2D eigenvalue weighted by Crippen LogP contribution is -2.66. The van der Waals surface area contributed by atoms with E-state index in [2.05, 4.69) is 38.2 Å². The second-order valence-electron chi connectivity index (χ2n) is 9.82. The summed E-state index contributed by atoms with van der Waals surface area (Å²) in [6.45, 7) is 7.07. The molecule has 0 radical (unpaired) electrons. The summed E-state index contributed by atoms with van der Waals surface area (Å²) >= 11 is 0. The largest absolute Gasteiger partial charge is 0.352 e. The highest BCUT2D eigenvalue weighted by molar-refractivity contribution is 5.83. The molecule has 0 spiro atoms. The standard InChI is InChI=1S/C22H31N3O/c1-4-13-5-7-16-14-6-8-19-22(3,17(14)9-10-21(13,16)2)18(12-24)15(11-23)20(26)25-19/h13-19H,4-10H2,1-3H3,(H,25,26)/t13-,14-,15?,16-,17-,18?,19?,21+,22-/m0/s1. The molecule has 4 aliphatic rings. The van der Waals surface area contributed by atoms with Gasteiger partial charge in [-0.2, -0.15) is 10.5 Å². The van der Waals surface area contributed by atoms with Crippen LogP contribution in [0.15, 0.2) is 0 Å². The molecule has 26 heavy (non-hydrogen) atoms. The Morgan fingerprint density at radius 3 is 2.50 bits per heavy atom. The van der Waals surface area contributed by atoms with Crippen LogP contribution in [0.1, 0.15) is 65.7 Å². The van der Waals surface area contributed by atoms with Crippen LogP contribution in [0.5, 0.6) is 0 Å². The fraction of sp³-hybridized carbons (Fsp3) is 0.864. The number of carbonyl (C=O) groups is 1. The normalized spacial score (nSPS) is 52.7. The van der Waals surface area contributed by atoms with E-state index in [1.165, 1.54) is 25.7 Å². The number of rotatable bonds is 1. The average molecular weight is 354 g/mol. The zero-order valence-corrected chi connectivity index (χ0v) is 16.3. The number of hydrogen-bond acceptors (Lipinski definition) is 3. The summed E-state index contributed by atoms with van der Waals surface area (Å²) in [5.74, 6) is 1.16. The van der Waals surface area contributed by atoms with Crippen molar-refractivity contribution in [1.82, 2.24) is 5.32 Å². The molecule has 4 heteroatoms. The van der Waals surface area contributed by atoms with Gasteiger partial charge in [0.1, 0.15) is 5.92 Å². The summed E-state index contributed by atoms with van der Waals surface area (Å²) < 4.78 is 0. The smallest absolute Gasteiger partial charge is 0.238 e. The molecule has 3 unspecified atom stereocenters. The van der Waals surface area contributed by atoms with E-state index in [1.54, 1.807) is 0 Å². The van der Waals surface area contributed by atoms with Crippen LogP contribution < -0.4 is 5.32 Å². The Kier molecular flexibility index (Phi) is 4.11. The lowest BCUT2D eigenvalue weighted by molar-refractivity contribution is -0.148. The summed E-state index contributed by atoms with van der Waals surface area (Å²) in [5, 5.41) is 22.6. The van der Waals surface area contributed by atoms with Crippen LogP contribution in [0.3, 0.4) is 0 Å². The molecule has 1 aliphatic heterocycles. The van der Waals surface area contributed by atoms with Gasteiger partial charge in [0, 0.05) is 11.5 Å². The molecule has 0 bridgehead atoms. The predicted molar refractivity (Wildman–Crippen MR) is 98.3 cm³/mol. The summed E-state index contributed by atoms with van der Waals surface area (Å²) in [5.41, 5.74) is 0.186. The third-order valence-corrected chi connectivity index (χ3v) is 9.35. The minimum atomic E-state index is -0.819. The number of hydrogen-bond donors (Lipinski definition) is 1. The van der Waals surface area contributed by atoms with Gasteiger partial charge in [0.15, 0.2) is 0 Å². The van der Waals surface area contributed by atoms with E-state index in [0.717, 1.165) is 31.1 Å². The lowest BCUT2D eigenvalue weighted by atomic mass is 9.44. The molecular weight excluding hydrogens is 322 g/mol. The highest BCUT2D eigenvalue weighted by Gasteiger charge is 2.64. The molecule has 3 aliphatic carbocycles. The molecule has 9 atom stereocenters. The highest BCUT2D eigenvalue weighted by Crippen LogP contribution is 2.66. The molecule has 4 rings (SSSR count). The average Bonchev–Trinajstić information content (AvgIpc) is 2.97. The predicted octanol–water partition coefficient (Wildman–Crippen LogP) is 4.03. The first kappa shape index (κ1) is 17.8. The second-order valence-corrected chi connectivity index (χ2v) is 9.82. The zero-order valence-electron chi connectivity index (χ0n) is 16.3. The summed E-state index contributed by atoms with van der Waals surface area (Å²) in [4.78, 5) is 12.4. The molecular formula is C22H31N3O. The SMILES string of the molecule is CC[C@H]1CC[C@H]2[C@@H]3CCC4NC(=O)C(C#N)C(C#N)[C@]4(C)[C@H]3CC[C@]12C. The van der Waals surface area contributed by atoms with E-state index in [9.17, 15) is 15.3 Å². The summed E-state index contributed by atoms with van der Waals surface area (Å²) in [6, 6.07) is 4.61. The van der Waals surface area contributed by atoms with Gasteiger partial charge in [-0.3, -0.25) is 4.79 Å². The fourth-order valence-electron chi connectivity index (χ4n) is 7.96. The van der Waals surface area contributed by atoms with Crippen LogP contribution in [0, 0.1) is 69.0 Å². The van der Waals surface area contributed by atoms with Crippen molar-refractivity contribution in [3.05, 3.63) is 0 Å². The first-order chi connectivity index (χ1) is 12.4. The van der Waals surface area contributed by atoms with Crippen LogP contribution in [0.25, 0.3) is 0 Å². The molecule has 0 aromatic heterocycles. The Balaban J connectivity index is 1.71. The molecule has 0 aromatic rings.